The van der Waals surface area contributed by atoms with Crippen LogP contribution in [0.2, 0.25) is 0 Å². The third-order valence-corrected chi connectivity index (χ3v) is 3.13. The Kier molecular flexibility index (Phi) is 5.79. The Morgan fingerprint density at radius 1 is 1.42 bits per heavy atom. The summed E-state index contributed by atoms with van der Waals surface area (Å²) < 4.78 is 10.0. The summed E-state index contributed by atoms with van der Waals surface area (Å²) in [7, 11) is 0. The monoisotopic (exact) mass is 271 g/mol. The largest absolute Gasteiger partial charge is 0.465 e. The predicted octanol–water partition coefficient (Wildman–Crippen LogP) is 1.38. The van der Waals surface area contributed by atoms with Gasteiger partial charge in [0.15, 0.2) is 5.78 Å². The number of carbonyl (C=O) groups excluding carboxylic acids is 3. The zero-order valence-corrected chi connectivity index (χ0v) is 11.7. The average molecular weight is 271 g/mol. The van der Waals surface area contributed by atoms with Gasteiger partial charge in [-0.3, -0.25) is 9.59 Å². The fourth-order valence-electron chi connectivity index (χ4n) is 1.78. The van der Waals surface area contributed by atoms with Crippen molar-refractivity contribution in [2.24, 2.45) is 5.92 Å². The second-order valence-electron chi connectivity index (χ2n) is 4.57. The van der Waals surface area contributed by atoms with Crippen molar-refractivity contribution in [3.05, 3.63) is 0 Å². The van der Waals surface area contributed by atoms with Crippen LogP contribution in [-0.2, 0) is 19.1 Å². The van der Waals surface area contributed by atoms with Gasteiger partial charge in [0.05, 0.1) is 6.61 Å². The van der Waals surface area contributed by atoms with E-state index in [1.165, 1.54) is 4.90 Å². The van der Waals surface area contributed by atoms with Crippen LogP contribution in [0.15, 0.2) is 0 Å². The van der Waals surface area contributed by atoms with E-state index in [1.54, 1.807) is 13.8 Å². The fraction of sp³-hybridized carbons (Fsp3) is 0.769. The summed E-state index contributed by atoms with van der Waals surface area (Å²) in [5.74, 6) is -1.61. The van der Waals surface area contributed by atoms with Crippen LogP contribution in [0, 0.1) is 5.92 Å². The maximum Gasteiger partial charge on any atom is 0.410 e. The van der Waals surface area contributed by atoms with Gasteiger partial charge in [-0.2, -0.15) is 0 Å². The van der Waals surface area contributed by atoms with E-state index in [1.807, 2.05) is 6.92 Å². The van der Waals surface area contributed by atoms with Gasteiger partial charge in [0, 0.05) is 19.5 Å². The smallest absolute Gasteiger partial charge is 0.410 e. The van der Waals surface area contributed by atoms with Crippen molar-refractivity contribution in [1.82, 2.24) is 4.90 Å². The minimum absolute atomic E-state index is 0.0485. The standard InChI is InChI=1S/C13H21NO5/c1-4-9(3)19-13(17)14-7-6-11(15)10(8-14)12(16)18-5-2/h9-10H,4-8H2,1-3H3. The van der Waals surface area contributed by atoms with Gasteiger partial charge in [-0.05, 0) is 20.3 Å². The molecule has 1 saturated heterocycles. The normalized spacial score (nSPS) is 20.9. The van der Waals surface area contributed by atoms with Crippen LogP contribution in [0.4, 0.5) is 4.79 Å². The number of hydrogen-bond acceptors (Lipinski definition) is 5. The number of hydrogen-bond donors (Lipinski definition) is 0. The maximum absolute atomic E-state index is 11.8. The van der Waals surface area contributed by atoms with E-state index in [9.17, 15) is 14.4 Å². The lowest BCUT2D eigenvalue weighted by atomic mass is 9.97. The summed E-state index contributed by atoms with van der Waals surface area (Å²) in [6, 6.07) is 0. The van der Waals surface area contributed by atoms with E-state index in [-0.39, 0.29) is 31.5 Å². The number of Topliss-reactive ketones (excluding diaryl/α,β-unsaturated/α-hetero) is 1. The van der Waals surface area contributed by atoms with Crippen LogP contribution in [0.25, 0.3) is 0 Å². The van der Waals surface area contributed by atoms with Gasteiger partial charge in [0.25, 0.3) is 0 Å². The molecule has 2 atom stereocenters. The Balaban J connectivity index is 2.61. The zero-order chi connectivity index (χ0) is 14.4. The number of carbonyl (C=O) groups is 3. The quantitative estimate of drug-likeness (QED) is 0.570. The Labute approximate surface area is 113 Å². The molecule has 0 saturated carbocycles. The number of esters is 1. The van der Waals surface area contributed by atoms with Gasteiger partial charge in [0.2, 0.25) is 0 Å². The highest BCUT2D eigenvalue weighted by atomic mass is 16.6. The lowest BCUT2D eigenvalue weighted by Gasteiger charge is -2.30. The minimum Gasteiger partial charge on any atom is -0.465 e. The number of nitrogens with zero attached hydrogens (tertiary/aromatic N) is 1. The molecule has 0 radical (unpaired) electrons. The molecule has 6 nitrogen and oxygen atoms in total. The first-order valence-electron chi connectivity index (χ1n) is 6.64. The molecule has 1 aliphatic heterocycles. The molecular formula is C13H21NO5. The molecule has 2 unspecified atom stereocenters. The van der Waals surface area contributed by atoms with Crippen molar-refractivity contribution < 1.29 is 23.9 Å². The number of likely N-dealkylation sites (tertiary alicyclic amines) is 1. The van der Waals surface area contributed by atoms with E-state index in [2.05, 4.69) is 0 Å². The third-order valence-electron chi connectivity index (χ3n) is 3.13. The van der Waals surface area contributed by atoms with Gasteiger partial charge in [-0.15, -0.1) is 0 Å². The molecule has 108 valence electrons. The first-order chi connectivity index (χ1) is 8.99. The van der Waals surface area contributed by atoms with Crippen molar-refractivity contribution in [2.75, 3.05) is 19.7 Å². The van der Waals surface area contributed by atoms with Crippen LogP contribution in [0.5, 0.6) is 0 Å². The Morgan fingerprint density at radius 3 is 2.68 bits per heavy atom. The van der Waals surface area contributed by atoms with E-state index < -0.39 is 18.0 Å². The molecular weight excluding hydrogens is 250 g/mol. The van der Waals surface area contributed by atoms with E-state index in [4.69, 9.17) is 9.47 Å². The molecule has 6 heteroatoms. The third kappa shape index (κ3) is 4.22. The first-order valence-corrected chi connectivity index (χ1v) is 6.64. The topological polar surface area (TPSA) is 72.9 Å². The Hall–Kier alpha value is -1.59. The maximum atomic E-state index is 11.8. The van der Waals surface area contributed by atoms with Crippen LogP contribution in [-0.4, -0.2) is 48.5 Å². The summed E-state index contributed by atoms with van der Waals surface area (Å²) in [6.45, 7) is 5.96. The zero-order valence-electron chi connectivity index (χ0n) is 11.7. The molecule has 0 aliphatic carbocycles. The average Bonchev–Trinajstić information content (AvgIpc) is 2.39. The molecule has 0 spiro atoms. The highest BCUT2D eigenvalue weighted by molar-refractivity contribution is 6.00. The highest BCUT2D eigenvalue weighted by Crippen LogP contribution is 2.16. The Bertz CT molecular complexity index is 355. The molecule has 0 bridgehead atoms. The summed E-state index contributed by atoms with van der Waals surface area (Å²) in [4.78, 5) is 36.5. The van der Waals surface area contributed by atoms with Crippen molar-refractivity contribution in [2.45, 2.75) is 39.7 Å². The van der Waals surface area contributed by atoms with Crippen LogP contribution < -0.4 is 0 Å². The SMILES string of the molecule is CCOC(=O)C1CN(C(=O)OC(C)CC)CCC1=O. The summed E-state index contributed by atoms with van der Waals surface area (Å²) >= 11 is 0. The molecule has 0 aromatic carbocycles. The molecule has 19 heavy (non-hydrogen) atoms. The minimum atomic E-state index is -0.877. The number of rotatable bonds is 4. The molecule has 0 N–H and O–H groups in total. The molecule has 1 heterocycles. The summed E-state index contributed by atoms with van der Waals surface area (Å²) in [5, 5.41) is 0. The van der Waals surface area contributed by atoms with E-state index in [0.29, 0.717) is 6.54 Å². The lowest BCUT2D eigenvalue weighted by Crippen LogP contribution is -2.48. The van der Waals surface area contributed by atoms with Gasteiger partial charge < -0.3 is 14.4 Å². The molecule has 0 aromatic rings. The fourth-order valence-corrected chi connectivity index (χ4v) is 1.78. The van der Waals surface area contributed by atoms with Crippen molar-refractivity contribution in [3.63, 3.8) is 0 Å². The first kappa shape index (κ1) is 15.5. The predicted molar refractivity (Wildman–Crippen MR) is 67.6 cm³/mol. The Morgan fingerprint density at radius 2 is 2.11 bits per heavy atom. The summed E-state index contributed by atoms with van der Waals surface area (Å²) in [5.41, 5.74) is 0. The molecule has 1 fully saturated rings. The van der Waals surface area contributed by atoms with Gasteiger partial charge >= 0.3 is 12.1 Å². The molecule has 0 aromatic heterocycles. The van der Waals surface area contributed by atoms with E-state index in [0.717, 1.165) is 6.42 Å². The van der Waals surface area contributed by atoms with Gasteiger partial charge in [0.1, 0.15) is 12.0 Å². The van der Waals surface area contributed by atoms with Crippen molar-refractivity contribution >= 4 is 17.8 Å². The summed E-state index contributed by atoms with van der Waals surface area (Å²) in [6.07, 6.45) is 0.237. The van der Waals surface area contributed by atoms with Crippen molar-refractivity contribution in [3.8, 4) is 0 Å². The second-order valence-corrected chi connectivity index (χ2v) is 4.57. The lowest BCUT2D eigenvalue weighted by molar-refractivity contribution is -0.153. The number of ether oxygens (including phenoxy) is 2. The molecule has 1 aliphatic rings. The van der Waals surface area contributed by atoms with Gasteiger partial charge in [-0.1, -0.05) is 6.92 Å². The van der Waals surface area contributed by atoms with E-state index >= 15 is 0 Å². The second kappa shape index (κ2) is 7.11. The van der Waals surface area contributed by atoms with Crippen LogP contribution in [0.1, 0.15) is 33.6 Å². The highest BCUT2D eigenvalue weighted by Gasteiger charge is 2.36. The molecule has 1 amide bonds. The number of piperidine rings is 1. The van der Waals surface area contributed by atoms with Crippen LogP contribution in [0.3, 0.4) is 0 Å². The molecule has 1 rings (SSSR count). The van der Waals surface area contributed by atoms with Crippen molar-refractivity contribution in [1.29, 1.82) is 0 Å². The number of ketones is 1. The number of amides is 1. The van der Waals surface area contributed by atoms with Crippen LogP contribution >= 0.6 is 0 Å². The van der Waals surface area contributed by atoms with Gasteiger partial charge in [-0.25, -0.2) is 4.79 Å².